The van der Waals surface area contributed by atoms with Crippen LogP contribution in [0.25, 0.3) is 10.9 Å². The topological polar surface area (TPSA) is 62.3 Å². The van der Waals surface area contributed by atoms with E-state index in [1.54, 1.807) is 42.5 Å². The van der Waals surface area contributed by atoms with Crippen molar-refractivity contribution in [3.8, 4) is 11.5 Å². The minimum absolute atomic E-state index is 0.108. The van der Waals surface area contributed by atoms with E-state index in [1.807, 2.05) is 12.1 Å². The number of H-pyrrole nitrogens is 1. The summed E-state index contributed by atoms with van der Waals surface area (Å²) >= 11 is 0. The number of aromatic hydroxyl groups is 1. The fourth-order valence-corrected chi connectivity index (χ4v) is 1.90. The summed E-state index contributed by atoms with van der Waals surface area (Å²) in [4.78, 5) is 14.8. The van der Waals surface area contributed by atoms with E-state index < -0.39 is 5.97 Å². The molecular formula is C15H11NO3. The molecule has 1 aromatic heterocycles. The molecule has 3 rings (SSSR count). The lowest BCUT2D eigenvalue weighted by Gasteiger charge is -2.01. The van der Waals surface area contributed by atoms with Gasteiger partial charge in [0.1, 0.15) is 17.2 Å². The van der Waals surface area contributed by atoms with Crippen LogP contribution in [-0.4, -0.2) is 16.1 Å². The second-order valence-corrected chi connectivity index (χ2v) is 4.13. The van der Waals surface area contributed by atoms with Crippen molar-refractivity contribution in [2.24, 2.45) is 0 Å². The third-order valence-electron chi connectivity index (χ3n) is 2.81. The zero-order chi connectivity index (χ0) is 13.2. The highest BCUT2D eigenvalue weighted by atomic mass is 16.5. The second-order valence-electron chi connectivity index (χ2n) is 4.13. The predicted octanol–water partition coefficient (Wildman–Crippen LogP) is 3.09. The smallest absolute Gasteiger partial charge is 0.360 e. The van der Waals surface area contributed by atoms with Crippen LogP contribution in [0.2, 0.25) is 0 Å². The number of para-hydroxylation sites is 2. The molecule has 0 spiro atoms. The van der Waals surface area contributed by atoms with Crippen molar-refractivity contribution in [1.29, 1.82) is 0 Å². The fourth-order valence-electron chi connectivity index (χ4n) is 1.90. The number of esters is 1. The standard InChI is InChI=1S/C15H11NO3/c17-13-8-4-5-10-9-12(16-14(10)13)15(18)19-11-6-2-1-3-7-11/h1-9,16-17H. The predicted molar refractivity (Wildman–Crippen MR) is 71.4 cm³/mol. The van der Waals surface area contributed by atoms with Crippen LogP contribution in [0.4, 0.5) is 0 Å². The van der Waals surface area contributed by atoms with Gasteiger partial charge in [0.15, 0.2) is 0 Å². The second kappa shape index (κ2) is 4.49. The van der Waals surface area contributed by atoms with E-state index in [1.165, 1.54) is 0 Å². The fraction of sp³-hybridized carbons (Fsp3) is 0. The molecule has 94 valence electrons. The summed E-state index contributed by atoms with van der Waals surface area (Å²) in [6.07, 6.45) is 0. The number of rotatable bonds is 2. The molecule has 4 heteroatoms. The van der Waals surface area contributed by atoms with E-state index in [9.17, 15) is 9.90 Å². The number of phenols is 1. The normalized spacial score (nSPS) is 10.5. The average molecular weight is 253 g/mol. The Kier molecular flexibility index (Phi) is 2.68. The number of benzene rings is 2. The average Bonchev–Trinajstić information content (AvgIpc) is 2.85. The van der Waals surface area contributed by atoms with E-state index in [2.05, 4.69) is 4.98 Å². The molecule has 0 aliphatic heterocycles. The first-order valence-corrected chi connectivity index (χ1v) is 5.82. The van der Waals surface area contributed by atoms with Crippen molar-refractivity contribution in [2.45, 2.75) is 0 Å². The van der Waals surface area contributed by atoms with Gasteiger partial charge in [0.2, 0.25) is 0 Å². The number of carbonyl (C=O) groups is 1. The minimum atomic E-state index is -0.484. The van der Waals surface area contributed by atoms with E-state index >= 15 is 0 Å². The number of hydrogen-bond acceptors (Lipinski definition) is 3. The number of ether oxygens (including phenoxy) is 1. The summed E-state index contributed by atoms with van der Waals surface area (Å²) in [5, 5.41) is 10.4. The maximum Gasteiger partial charge on any atom is 0.360 e. The number of aromatic amines is 1. The summed E-state index contributed by atoms with van der Waals surface area (Å²) in [6, 6.07) is 15.6. The zero-order valence-corrected chi connectivity index (χ0v) is 9.96. The highest BCUT2D eigenvalue weighted by Gasteiger charge is 2.13. The Morgan fingerprint density at radius 2 is 1.84 bits per heavy atom. The molecule has 0 saturated carbocycles. The Labute approximate surface area is 109 Å². The van der Waals surface area contributed by atoms with Crippen LogP contribution in [0.1, 0.15) is 10.5 Å². The number of carbonyl (C=O) groups excluding carboxylic acids is 1. The largest absolute Gasteiger partial charge is 0.506 e. The molecule has 0 unspecified atom stereocenters. The third kappa shape index (κ3) is 2.15. The highest BCUT2D eigenvalue weighted by molar-refractivity contribution is 5.97. The molecule has 0 atom stereocenters. The van der Waals surface area contributed by atoms with E-state index in [0.717, 1.165) is 5.39 Å². The van der Waals surface area contributed by atoms with Gasteiger partial charge in [0.25, 0.3) is 0 Å². The summed E-state index contributed by atoms with van der Waals surface area (Å²) in [6.45, 7) is 0. The molecule has 0 fully saturated rings. The van der Waals surface area contributed by atoms with Crippen LogP contribution in [-0.2, 0) is 0 Å². The Morgan fingerprint density at radius 3 is 2.58 bits per heavy atom. The van der Waals surface area contributed by atoms with Crippen LogP contribution < -0.4 is 4.74 Å². The van der Waals surface area contributed by atoms with Crippen molar-refractivity contribution in [3.63, 3.8) is 0 Å². The van der Waals surface area contributed by atoms with Gasteiger partial charge in [0, 0.05) is 5.39 Å². The Bertz CT molecular complexity index is 731. The van der Waals surface area contributed by atoms with Gasteiger partial charge in [-0.1, -0.05) is 30.3 Å². The number of nitrogens with one attached hydrogen (secondary N) is 1. The maximum absolute atomic E-state index is 12.0. The molecule has 3 aromatic rings. The summed E-state index contributed by atoms with van der Waals surface area (Å²) in [5.41, 5.74) is 0.836. The number of hydrogen-bond donors (Lipinski definition) is 2. The summed E-state index contributed by atoms with van der Waals surface area (Å²) in [7, 11) is 0. The van der Waals surface area contributed by atoms with Gasteiger partial charge in [-0.05, 0) is 24.3 Å². The lowest BCUT2D eigenvalue weighted by molar-refractivity contribution is 0.0729. The van der Waals surface area contributed by atoms with Gasteiger partial charge in [-0.3, -0.25) is 0 Å². The maximum atomic E-state index is 12.0. The van der Waals surface area contributed by atoms with Crippen molar-refractivity contribution < 1.29 is 14.6 Å². The molecular weight excluding hydrogens is 242 g/mol. The van der Waals surface area contributed by atoms with Crippen molar-refractivity contribution in [3.05, 3.63) is 60.3 Å². The molecule has 1 heterocycles. The summed E-state index contributed by atoms with van der Waals surface area (Å²) in [5.74, 6) is 0.105. The Hall–Kier alpha value is -2.75. The molecule has 2 aromatic carbocycles. The van der Waals surface area contributed by atoms with Gasteiger partial charge >= 0.3 is 5.97 Å². The van der Waals surface area contributed by atoms with Crippen LogP contribution in [0.3, 0.4) is 0 Å². The first-order valence-electron chi connectivity index (χ1n) is 5.82. The molecule has 0 aliphatic rings. The number of phenolic OH excluding ortho intramolecular Hbond substituents is 1. The quantitative estimate of drug-likeness (QED) is 0.545. The molecule has 2 N–H and O–H groups in total. The zero-order valence-electron chi connectivity index (χ0n) is 9.96. The van der Waals surface area contributed by atoms with Crippen LogP contribution in [0.15, 0.2) is 54.6 Å². The number of fused-ring (bicyclic) bond motifs is 1. The minimum Gasteiger partial charge on any atom is -0.506 e. The van der Waals surface area contributed by atoms with Crippen LogP contribution in [0.5, 0.6) is 11.5 Å². The highest BCUT2D eigenvalue weighted by Crippen LogP contribution is 2.24. The van der Waals surface area contributed by atoms with Gasteiger partial charge in [-0.15, -0.1) is 0 Å². The van der Waals surface area contributed by atoms with E-state index in [0.29, 0.717) is 17.0 Å². The molecule has 0 aliphatic carbocycles. The van der Waals surface area contributed by atoms with Crippen LogP contribution in [0, 0.1) is 0 Å². The molecule has 4 nitrogen and oxygen atoms in total. The molecule has 0 bridgehead atoms. The van der Waals surface area contributed by atoms with Gasteiger partial charge in [-0.2, -0.15) is 0 Å². The number of aromatic nitrogens is 1. The Balaban J connectivity index is 1.92. The first-order chi connectivity index (χ1) is 9.24. The lowest BCUT2D eigenvalue weighted by Crippen LogP contribution is -2.08. The van der Waals surface area contributed by atoms with Gasteiger partial charge in [0.05, 0.1) is 5.52 Å². The molecule has 0 radical (unpaired) electrons. The van der Waals surface area contributed by atoms with Crippen molar-refractivity contribution >= 4 is 16.9 Å². The van der Waals surface area contributed by atoms with Crippen molar-refractivity contribution in [2.75, 3.05) is 0 Å². The third-order valence-corrected chi connectivity index (χ3v) is 2.81. The molecule has 0 amide bonds. The van der Waals surface area contributed by atoms with Crippen molar-refractivity contribution in [1.82, 2.24) is 4.98 Å². The van der Waals surface area contributed by atoms with E-state index in [4.69, 9.17) is 4.74 Å². The first kappa shape index (κ1) is 11.3. The van der Waals surface area contributed by atoms with Gasteiger partial charge in [-0.25, -0.2) is 4.79 Å². The SMILES string of the molecule is O=C(Oc1ccccc1)c1cc2cccc(O)c2[nH]1. The molecule has 19 heavy (non-hydrogen) atoms. The lowest BCUT2D eigenvalue weighted by atomic mass is 10.2. The van der Waals surface area contributed by atoms with Crippen LogP contribution >= 0.6 is 0 Å². The summed E-state index contributed by atoms with van der Waals surface area (Å²) < 4.78 is 5.22. The van der Waals surface area contributed by atoms with E-state index in [-0.39, 0.29) is 5.75 Å². The van der Waals surface area contributed by atoms with Gasteiger partial charge < -0.3 is 14.8 Å². The molecule has 0 saturated heterocycles. The Morgan fingerprint density at radius 1 is 1.05 bits per heavy atom. The monoisotopic (exact) mass is 253 g/mol.